The average molecular weight is 290 g/mol. The minimum atomic E-state index is 0.918. The first-order chi connectivity index (χ1) is 10.4. The second-order valence-corrected chi connectivity index (χ2v) is 5.83. The van der Waals surface area contributed by atoms with Crippen molar-refractivity contribution in [1.29, 1.82) is 0 Å². The van der Waals surface area contributed by atoms with Crippen LogP contribution in [0, 0.1) is 0 Å². The van der Waals surface area contributed by atoms with Gasteiger partial charge in [-0.1, -0.05) is 48.5 Å². The van der Waals surface area contributed by atoms with E-state index >= 15 is 0 Å². The Balaban J connectivity index is 2.15. The molecule has 0 atom stereocenters. The summed E-state index contributed by atoms with van der Waals surface area (Å²) in [5, 5.41) is 0. The van der Waals surface area contributed by atoms with Gasteiger partial charge in [-0.3, -0.25) is 0 Å². The number of thioether (sulfide) groups is 1. The van der Waals surface area contributed by atoms with Gasteiger partial charge in [0, 0.05) is 21.6 Å². The van der Waals surface area contributed by atoms with Crippen molar-refractivity contribution in [3.8, 4) is 33.8 Å². The zero-order valence-electron chi connectivity index (χ0n) is 11.7. The van der Waals surface area contributed by atoms with Gasteiger partial charge in [0.15, 0.2) is 0 Å². The van der Waals surface area contributed by atoms with E-state index in [1.54, 1.807) is 11.8 Å². The third-order valence-corrected chi connectivity index (χ3v) is 4.58. The van der Waals surface area contributed by atoms with Gasteiger partial charge in [-0.05, 0) is 30.0 Å². The van der Waals surface area contributed by atoms with Gasteiger partial charge in [0.25, 0.3) is 0 Å². The molecule has 0 bridgehead atoms. The zero-order chi connectivity index (χ0) is 14.2. The van der Waals surface area contributed by atoms with Gasteiger partial charge in [0.2, 0.25) is 0 Å². The van der Waals surface area contributed by atoms with Gasteiger partial charge < -0.3 is 4.74 Å². The van der Waals surface area contributed by atoms with Crippen molar-refractivity contribution in [1.82, 2.24) is 0 Å². The van der Waals surface area contributed by atoms with Gasteiger partial charge in [0.1, 0.15) is 11.5 Å². The number of hydrogen-bond acceptors (Lipinski definition) is 2. The van der Waals surface area contributed by atoms with E-state index in [-0.39, 0.29) is 0 Å². The van der Waals surface area contributed by atoms with Crippen molar-refractivity contribution >= 4 is 11.8 Å². The molecule has 3 aromatic carbocycles. The van der Waals surface area contributed by atoms with Crippen molar-refractivity contribution in [3.05, 3.63) is 66.7 Å². The topological polar surface area (TPSA) is 9.23 Å². The second kappa shape index (κ2) is 4.97. The first-order valence-electron chi connectivity index (χ1n) is 6.92. The lowest BCUT2D eigenvalue weighted by Crippen LogP contribution is -1.86. The average Bonchev–Trinajstić information content (AvgIpc) is 2.69. The lowest BCUT2D eigenvalue weighted by molar-refractivity contribution is 0.487. The largest absolute Gasteiger partial charge is 0.456 e. The van der Waals surface area contributed by atoms with E-state index in [1.165, 1.54) is 16.0 Å². The summed E-state index contributed by atoms with van der Waals surface area (Å²) in [6.07, 6.45) is 2.12. The molecule has 102 valence electrons. The lowest BCUT2D eigenvalue weighted by atomic mass is 9.94. The molecule has 0 N–H and O–H groups in total. The summed E-state index contributed by atoms with van der Waals surface area (Å²) in [5.74, 6) is 1.84. The van der Waals surface area contributed by atoms with E-state index in [2.05, 4.69) is 48.7 Å². The summed E-state index contributed by atoms with van der Waals surface area (Å²) >= 11 is 1.78. The molecule has 0 fully saturated rings. The van der Waals surface area contributed by atoms with Gasteiger partial charge in [-0.2, -0.15) is 0 Å². The second-order valence-electron chi connectivity index (χ2n) is 4.98. The van der Waals surface area contributed by atoms with Gasteiger partial charge in [-0.15, -0.1) is 11.8 Å². The normalized spacial score (nSPS) is 11.7. The summed E-state index contributed by atoms with van der Waals surface area (Å²) in [7, 11) is 0. The fourth-order valence-corrected chi connectivity index (χ4v) is 3.50. The maximum Gasteiger partial charge on any atom is 0.135 e. The highest BCUT2D eigenvalue weighted by Gasteiger charge is 2.21. The monoisotopic (exact) mass is 290 g/mol. The Labute approximate surface area is 128 Å². The van der Waals surface area contributed by atoms with Gasteiger partial charge in [0.05, 0.1) is 0 Å². The zero-order valence-corrected chi connectivity index (χ0v) is 12.5. The first kappa shape index (κ1) is 12.5. The Bertz CT molecular complexity index is 823. The minimum Gasteiger partial charge on any atom is -0.456 e. The number of rotatable bonds is 1. The van der Waals surface area contributed by atoms with Crippen molar-refractivity contribution in [2.75, 3.05) is 6.26 Å². The van der Waals surface area contributed by atoms with Crippen LogP contribution in [0.4, 0.5) is 0 Å². The van der Waals surface area contributed by atoms with E-state index in [1.807, 2.05) is 24.3 Å². The number of benzene rings is 3. The van der Waals surface area contributed by atoms with Crippen LogP contribution in [0.15, 0.2) is 71.6 Å². The number of hydrogen-bond donors (Lipinski definition) is 0. The number of fused-ring (bicyclic) bond motifs is 5. The van der Waals surface area contributed by atoms with Gasteiger partial charge >= 0.3 is 0 Å². The van der Waals surface area contributed by atoms with Crippen LogP contribution in [-0.4, -0.2) is 6.26 Å². The Morgan fingerprint density at radius 2 is 1.29 bits per heavy atom. The summed E-state index contributed by atoms with van der Waals surface area (Å²) in [6, 6.07) is 23.0. The van der Waals surface area contributed by atoms with Crippen LogP contribution < -0.4 is 4.74 Å². The smallest absolute Gasteiger partial charge is 0.135 e. The molecule has 0 amide bonds. The molecule has 1 heterocycles. The molecule has 3 aromatic rings. The van der Waals surface area contributed by atoms with Crippen LogP contribution in [0.3, 0.4) is 0 Å². The van der Waals surface area contributed by atoms with Crippen LogP contribution in [0.1, 0.15) is 0 Å². The summed E-state index contributed by atoms with van der Waals surface area (Å²) < 4.78 is 6.18. The highest BCUT2D eigenvalue weighted by atomic mass is 32.2. The molecule has 1 aliphatic rings. The molecule has 0 aliphatic carbocycles. The molecule has 0 radical (unpaired) electrons. The van der Waals surface area contributed by atoms with Crippen molar-refractivity contribution < 1.29 is 4.74 Å². The van der Waals surface area contributed by atoms with Crippen LogP contribution in [0.5, 0.6) is 11.5 Å². The highest BCUT2D eigenvalue weighted by Crippen LogP contribution is 2.49. The summed E-state index contributed by atoms with van der Waals surface area (Å²) in [6.45, 7) is 0. The fraction of sp³-hybridized carbons (Fsp3) is 0.0526. The molecule has 2 heteroatoms. The van der Waals surface area contributed by atoms with Crippen LogP contribution >= 0.6 is 11.8 Å². The standard InChI is InChI=1S/C19H14OS/c1-21-18-12-6-9-14-13-7-2-4-10-16(13)20-17-11-5-3-8-15(17)19(14)18/h2-12H,1H3. The van der Waals surface area contributed by atoms with E-state index in [4.69, 9.17) is 4.74 Å². The fourth-order valence-electron chi connectivity index (χ4n) is 2.86. The Morgan fingerprint density at radius 1 is 0.667 bits per heavy atom. The minimum absolute atomic E-state index is 0.918. The van der Waals surface area contributed by atoms with Crippen molar-refractivity contribution in [2.24, 2.45) is 0 Å². The van der Waals surface area contributed by atoms with Crippen molar-refractivity contribution in [3.63, 3.8) is 0 Å². The van der Waals surface area contributed by atoms with Crippen LogP contribution in [0.2, 0.25) is 0 Å². The lowest BCUT2D eigenvalue weighted by Gasteiger charge is -2.12. The quantitative estimate of drug-likeness (QED) is 0.407. The molecule has 0 saturated carbocycles. The van der Waals surface area contributed by atoms with Gasteiger partial charge in [-0.25, -0.2) is 0 Å². The molecule has 0 aromatic heterocycles. The Hall–Kier alpha value is -2.19. The van der Waals surface area contributed by atoms with Crippen LogP contribution in [0.25, 0.3) is 22.3 Å². The summed E-state index contributed by atoms with van der Waals surface area (Å²) in [5.41, 5.74) is 4.82. The number of ether oxygens (including phenoxy) is 1. The molecule has 0 saturated heterocycles. The Morgan fingerprint density at radius 3 is 2.05 bits per heavy atom. The van der Waals surface area contributed by atoms with Crippen LogP contribution in [-0.2, 0) is 0 Å². The molecule has 1 nitrogen and oxygen atoms in total. The third-order valence-electron chi connectivity index (χ3n) is 3.80. The number of para-hydroxylation sites is 2. The van der Waals surface area contributed by atoms with E-state index in [0.717, 1.165) is 22.6 Å². The molecule has 1 aliphatic heterocycles. The third kappa shape index (κ3) is 1.95. The first-order valence-corrected chi connectivity index (χ1v) is 8.14. The molecular weight excluding hydrogens is 276 g/mol. The molecule has 0 spiro atoms. The SMILES string of the molecule is CSc1cccc2c1-c1ccccc1Oc1ccccc1-2. The molecule has 0 unspecified atom stereocenters. The predicted octanol–water partition coefficient (Wildman–Crippen LogP) is 5.85. The maximum absolute atomic E-state index is 6.18. The molecule has 21 heavy (non-hydrogen) atoms. The van der Waals surface area contributed by atoms with E-state index in [9.17, 15) is 0 Å². The van der Waals surface area contributed by atoms with E-state index in [0.29, 0.717) is 0 Å². The van der Waals surface area contributed by atoms with Crippen molar-refractivity contribution in [2.45, 2.75) is 4.90 Å². The predicted molar refractivity (Wildman–Crippen MR) is 89.2 cm³/mol. The highest BCUT2D eigenvalue weighted by molar-refractivity contribution is 7.98. The Kier molecular flexibility index (Phi) is 2.97. The summed E-state index contributed by atoms with van der Waals surface area (Å²) in [4.78, 5) is 1.28. The molecular formula is C19H14OS. The molecule has 4 rings (SSSR count). The maximum atomic E-state index is 6.18. The van der Waals surface area contributed by atoms with E-state index < -0.39 is 0 Å².